The van der Waals surface area contributed by atoms with Gasteiger partial charge in [0.1, 0.15) is 5.75 Å². The number of carbonyl (C=O) groups excluding carboxylic acids is 1. The van der Waals surface area contributed by atoms with E-state index in [1.54, 1.807) is 19.4 Å². The second kappa shape index (κ2) is 10.3. The fourth-order valence-electron chi connectivity index (χ4n) is 3.52. The Morgan fingerprint density at radius 2 is 2.12 bits per heavy atom. The van der Waals surface area contributed by atoms with E-state index in [0.717, 1.165) is 25.3 Å². The van der Waals surface area contributed by atoms with Crippen molar-refractivity contribution < 1.29 is 14.3 Å². The standard InChI is InChI=1S/C21H25N7O3S/c1-3-31-18(14-6-4-7-16(12-14)30-2)19(29)24-21-27-26-20(32-21)23-15-9-11-28(13-15)17-8-5-10-22-25-17/h4-8,10,12,15,18H,3,9,11,13H2,1-2H3,(H,23,26)(H,24,27,29). The van der Waals surface area contributed by atoms with Gasteiger partial charge in [0, 0.05) is 31.9 Å². The summed E-state index contributed by atoms with van der Waals surface area (Å²) >= 11 is 1.29. The summed E-state index contributed by atoms with van der Waals surface area (Å²) in [6.45, 7) is 3.92. The Balaban J connectivity index is 1.36. The summed E-state index contributed by atoms with van der Waals surface area (Å²) in [6.07, 6.45) is 1.84. The number of ether oxygens (including phenoxy) is 2. The van der Waals surface area contributed by atoms with Crippen molar-refractivity contribution in [3.63, 3.8) is 0 Å². The zero-order valence-electron chi connectivity index (χ0n) is 17.9. The molecule has 3 heterocycles. The van der Waals surface area contributed by atoms with Crippen molar-refractivity contribution in [2.45, 2.75) is 25.5 Å². The Morgan fingerprint density at radius 3 is 2.91 bits per heavy atom. The lowest BCUT2D eigenvalue weighted by Gasteiger charge is -2.17. The Kier molecular flexibility index (Phi) is 7.07. The zero-order valence-corrected chi connectivity index (χ0v) is 18.7. The van der Waals surface area contributed by atoms with Gasteiger partial charge in [0.2, 0.25) is 10.3 Å². The maximum atomic E-state index is 12.9. The smallest absolute Gasteiger partial charge is 0.259 e. The zero-order chi connectivity index (χ0) is 22.3. The SMILES string of the molecule is CCOC(C(=O)Nc1nnc(NC2CCN(c3cccnn3)C2)s1)c1cccc(OC)c1. The second-order valence-corrected chi connectivity index (χ2v) is 8.15. The van der Waals surface area contributed by atoms with Gasteiger partial charge in [0.15, 0.2) is 11.9 Å². The number of benzene rings is 1. The average Bonchev–Trinajstić information content (AvgIpc) is 3.48. The molecule has 2 unspecified atom stereocenters. The second-order valence-electron chi connectivity index (χ2n) is 7.17. The van der Waals surface area contributed by atoms with Crippen LogP contribution in [0.15, 0.2) is 42.6 Å². The van der Waals surface area contributed by atoms with Crippen molar-refractivity contribution >= 4 is 33.3 Å². The number of nitrogens with zero attached hydrogens (tertiary/aromatic N) is 5. The number of methoxy groups -OCH3 is 1. The number of anilines is 3. The number of rotatable bonds is 9. The van der Waals surface area contributed by atoms with Crippen LogP contribution in [0.1, 0.15) is 25.0 Å². The fraction of sp³-hybridized carbons (Fsp3) is 0.381. The van der Waals surface area contributed by atoms with Crippen LogP contribution in [0.5, 0.6) is 5.75 Å². The highest BCUT2D eigenvalue weighted by Crippen LogP contribution is 2.27. The molecule has 4 rings (SSSR count). The first kappa shape index (κ1) is 21.9. The van der Waals surface area contributed by atoms with Crippen LogP contribution in [0.25, 0.3) is 0 Å². The summed E-state index contributed by atoms with van der Waals surface area (Å²) in [5.74, 6) is 1.22. The highest BCUT2D eigenvalue weighted by Gasteiger charge is 2.26. The van der Waals surface area contributed by atoms with E-state index >= 15 is 0 Å². The van der Waals surface area contributed by atoms with Crippen molar-refractivity contribution in [2.75, 3.05) is 42.3 Å². The normalized spacial score (nSPS) is 16.6. The van der Waals surface area contributed by atoms with Gasteiger partial charge in [-0.2, -0.15) is 5.10 Å². The average molecular weight is 456 g/mol. The topological polar surface area (TPSA) is 114 Å². The molecule has 2 atom stereocenters. The summed E-state index contributed by atoms with van der Waals surface area (Å²) in [7, 11) is 1.58. The minimum absolute atomic E-state index is 0.210. The van der Waals surface area contributed by atoms with Crippen LogP contribution >= 0.6 is 11.3 Å². The molecule has 0 radical (unpaired) electrons. The van der Waals surface area contributed by atoms with E-state index in [-0.39, 0.29) is 11.9 Å². The molecule has 1 saturated heterocycles. The molecule has 1 amide bonds. The van der Waals surface area contributed by atoms with Gasteiger partial charge in [-0.15, -0.1) is 15.3 Å². The summed E-state index contributed by atoms with van der Waals surface area (Å²) in [5, 5.41) is 23.6. The molecule has 11 heteroatoms. The largest absolute Gasteiger partial charge is 0.497 e. The molecule has 32 heavy (non-hydrogen) atoms. The molecule has 1 aliphatic heterocycles. The maximum Gasteiger partial charge on any atom is 0.259 e. The van der Waals surface area contributed by atoms with E-state index in [2.05, 4.69) is 35.9 Å². The molecular weight excluding hydrogens is 430 g/mol. The summed E-state index contributed by atoms with van der Waals surface area (Å²) in [4.78, 5) is 15.1. The summed E-state index contributed by atoms with van der Waals surface area (Å²) in [6, 6.07) is 11.3. The van der Waals surface area contributed by atoms with Crippen LogP contribution in [-0.2, 0) is 9.53 Å². The first-order valence-electron chi connectivity index (χ1n) is 10.4. The molecule has 0 aliphatic carbocycles. The van der Waals surface area contributed by atoms with E-state index in [0.29, 0.717) is 28.2 Å². The minimum atomic E-state index is -0.772. The van der Waals surface area contributed by atoms with Crippen LogP contribution in [0, 0.1) is 0 Å². The molecule has 1 aliphatic rings. The number of carbonyl (C=O) groups is 1. The van der Waals surface area contributed by atoms with E-state index in [1.807, 2.05) is 37.3 Å². The van der Waals surface area contributed by atoms with Crippen molar-refractivity contribution in [3.8, 4) is 5.75 Å². The van der Waals surface area contributed by atoms with Gasteiger partial charge in [-0.05, 0) is 43.2 Å². The molecule has 10 nitrogen and oxygen atoms in total. The minimum Gasteiger partial charge on any atom is -0.497 e. The first-order chi connectivity index (χ1) is 15.7. The molecule has 1 aromatic carbocycles. The van der Waals surface area contributed by atoms with Crippen LogP contribution in [-0.4, -0.2) is 59.1 Å². The molecule has 168 valence electrons. The third kappa shape index (κ3) is 5.29. The van der Waals surface area contributed by atoms with Crippen molar-refractivity contribution in [1.29, 1.82) is 0 Å². The third-order valence-corrected chi connectivity index (χ3v) is 5.79. The Morgan fingerprint density at radius 1 is 1.25 bits per heavy atom. The molecule has 0 saturated carbocycles. The Labute approximate surface area is 190 Å². The van der Waals surface area contributed by atoms with Gasteiger partial charge in [-0.3, -0.25) is 10.1 Å². The van der Waals surface area contributed by atoms with Gasteiger partial charge in [-0.1, -0.05) is 23.5 Å². The van der Waals surface area contributed by atoms with E-state index < -0.39 is 6.10 Å². The van der Waals surface area contributed by atoms with Crippen molar-refractivity contribution in [2.24, 2.45) is 0 Å². The number of hydrogen-bond donors (Lipinski definition) is 2. The van der Waals surface area contributed by atoms with Crippen molar-refractivity contribution in [1.82, 2.24) is 20.4 Å². The molecule has 2 aromatic heterocycles. The third-order valence-electron chi connectivity index (χ3n) is 5.02. The van der Waals surface area contributed by atoms with E-state index in [1.165, 1.54) is 11.3 Å². The molecule has 0 spiro atoms. The maximum absolute atomic E-state index is 12.9. The molecule has 2 N–H and O–H groups in total. The number of aromatic nitrogens is 4. The Hall–Kier alpha value is -3.31. The lowest BCUT2D eigenvalue weighted by Crippen LogP contribution is -2.26. The quantitative estimate of drug-likeness (QED) is 0.502. The highest BCUT2D eigenvalue weighted by molar-refractivity contribution is 7.19. The Bertz CT molecular complexity index is 1030. The lowest BCUT2D eigenvalue weighted by molar-refractivity contribution is -0.127. The highest BCUT2D eigenvalue weighted by atomic mass is 32.1. The van der Waals surface area contributed by atoms with Crippen LogP contribution in [0.4, 0.5) is 16.1 Å². The summed E-state index contributed by atoms with van der Waals surface area (Å²) < 4.78 is 10.9. The van der Waals surface area contributed by atoms with Crippen LogP contribution in [0.2, 0.25) is 0 Å². The van der Waals surface area contributed by atoms with Gasteiger partial charge < -0.3 is 19.7 Å². The molecular formula is C21H25N7O3S. The molecule has 1 fully saturated rings. The summed E-state index contributed by atoms with van der Waals surface area (Å²) in [5.41, 5.74) is 0.710. The number of amides is 1. The van der Waals surface area contributed by atoms with Crippen molar-refractivity contribution in [3.05, 3.63) is 48.2 Å². The fourth-order valence-corrected chi connectivity index (χ4v) is 4.24. The molecule has 3 aromatic rings. The monoisotopic (exact) mass is 455 g/mol. The van der Waals surface area contributed by atoms with Gasteiger partial charge in [-0.25, -0.2) is 0 Å². The molecule has 0 bridgehead atoms. The van der Waals surface area contributed by atoms with Crippen LogP contribution < -0.4 is 20.3 Å². The van der Waals surface area contributed by atoms with Gasteiger partial charge >= 0.3 is 0 Å². The van der Waals surface area contributed by atoms with Crippen LogP contribution in [0.3, 0.4) is 0 Å². The van der Waals surface area contributed by atoms with Gasteiger partial charge in [0.05, 0.1) is 7.11 Å². The van der Waals surface area contributed by atoms with E-state index in [4.69, 9.17) is 9.47 Å². The lowest BCUT2D eigenvalue weighted by atomic mass is 10.1. The number of hydrogen-bond acceptors (Lipinski definition) is 10. The number of nitrogens with one attached hydrogen (secondary N) is 2. The first-order valence-corrected chi connectivity index (χ1v) is 11.2. The van der Waals surface area contributed by atoms with E-state index in [9.17, 15) is 4.79 Å². The predicted molar refractivity (Wildman–Crippen MR) is 122 cm³/mol. The van der Waals surface area contributed by atoms with Gasteiger partial charge in [0.25, 0.3) is 5.91 Å². The predicted octanol–water partition coefficient (Wildman–Crippen LogP) is 2.74.